The first kappa shape index (κ1) is 14.6. The third kappa shape index (κ3) is 3.14. The molecule has 2 N–H and O–H groups in total. The zero-order chi connectivity index (χ0) is 14.9. The molecular weight excluding hydrogens is 260 g/mol. The molecule has 0 radical (unpaired) electrons. The summed E-state index contributed by atoms with van der Waals surface area (Å²) >= 11 is 0. The van der Waals surface area contributed by atoms with Gasteiger partial charge in [0.05, 0.1) is 11.7 Å². The van der Waals surface area contributed by atoms with Crippen molar-refractivity contribution in [1.82, 2.24) is 4.57 Å². The monoisotopic (exact) mass is 286 g/mol. The van der Waals surface area contributed by atoms with E-state index in [4.69, 9.17) is 10.5 Å². The molecule has 0 spiro atoms. The number of ether oxygens (including phenoxy) is 1. The SMILES string of the molecule is CC1(C)CCC(Cn2cc(CCCN)c3ccccc32)O1. The van der Waals surface area contributed by atoms with Crippen LogP contribution in [0.5, 0.6) is 0 Å². The third-order valence-corrected chi connectivity index (χ3v) is 4.48. The number of rotatable bonds is 5. The number of aryl methyl sites for hydroxylation is 1. The van der Waals surface area contributed by atoms with Crippen molar-refractivity contribution in [2.24, 2.45) is 5.73 Å². The minimum Gasteiger partial charge on any atom is -0.370 e. The van der Waals surface area contributed by atoms with Crippen molar-refractivity contribution in [2.45, 2.75) is 57.8 Å². The summed E-state index contributed by atoms with van der Waals surface area (Å²) in [4.78, 5) is 0. The van der Waals surface area contributed by atoms with Gasteiger partial charge in [-0.25, -0.2) is 0 Å². The van der Waals surface area contributed by atoms with Crippen molar-refractivity contribution in [3.8, 4) is 0 Å². The lowest BCUT2D eigenvalue weighted by molar-refractivity contribution is -0.0212. The molecule has 2 heterocycles. The van der Waals surface area contributed by atoms with Gasteiger partial charge in [-0.1, -0.05) is 18.2 Å². The average Bonchev–Trinajstić information content (AvgIpc) is 2.98. The molecule has 1 aliphatic rings. The highest BCUT2D eigenvalue weighted by atomic mass is 16.5. The molecule has 3 rings (SSSR count). The van der Waals surface area contributed by atoms with Crippen molar-refractivity contribution in [3.63, 3.8) is 0 Å². The number of aromatic nitrogens is 1. The van der Waals surface area contributed by atoms with Crippen LogP contribution >= 0.6 is 0 Å². The Labute approximate surface area is 127 Å². The van der Waals surface area contributed by atoms with Gasteiger partial charge in [0.1, 0.15) is 0 Å². The fourth-order valence-corrected chi connectivity index (χ4v) is 3.39. The molecule has 3 nitrogen and oxygen atoms in total. The molecule has 1 unspecified atom stereocenters. The lowest BCUT2D eigenvalue weighted by Gasteiger charge is -2.19. The maximum atomic E-state index is 6.15. The molecule has 0 bridgehead atoms. The van der Waals surface area contributed by atoms with E-state index in [-0.39, 0.29) is 5.60 Å². The van der Waals surface area contributed by atoms with Gasteiger partial charge in [-0.2, -0.15) is 0 Å². The van der Waals surface area contributed by atoms with Gasteiger partial charge in [-0.15, -0.1) is 0 Å². The molecule has 1 atom stereocenters. The van der Waals surface area contributed by atoms with Crippen LogP contribution < -0.4 is 5.73 Å². The molecule has 2 aromatic rings. The molecule has 114 valence electrons. The second-order valence-corrected chi connectivity index (χ2v) is 6.75. The van der Waals surface area contributed by atoms with Crippen LogP contribution in [0.2, 0.25) is 0 Å². The predicted octanol–water partition coefficient (Wildman–Crippen LogP) is 3.49. The number of para-hydroxylation sites is 1. The smallest absolute Gasteiger partial charge is 0.0762 e. The van der Waals surface area contributed by atoms with E-state index in [0.717, 1.165) is 38.8 Å². The van der Waals surface area contributed by atoms with E-state index in [1.807, 2.05) is 0 Å². The minimum atomic E-state index is 0.0377. The highest BCUT2D eigenvalue weighted by molar-refractivity contribution is 5.84. The van der Waals surface area contributed by atoms with Gasteiger partial charge in [0, 0.05) is 23.6 Å². The van der Waals surface area contributed by atoms with Crippen LogP contribution in [0.1, 0.15) is 38.7 Å². The number of benzene rings is 1. The zero-order valence-electron chi connectivity index (χ0n) is 13.1. The number of nitrogens with zero attached hydrogens (tertiary/aromatic N) is 1. The van der Waals surface area contributed by atoms with Gasteiger partial charge in [-0.3, -0.25) is 0 Å². The number of hydrogen-bond donors (Lipinski definition) is 1. The Morgan fingerprint density at radius 2 is 2.14 bits per heavy atom. The molecule has 1 aliphatic heterocycles. The largest absolute Gasteiger partial charge is 0.370 e. The van der Waals surface area contributed by atoms with E-state index < -0.39 is 0 Å². The molecule has 0 aliphatic carbocycles. The summed E-state index contributed by atoms with van der Waals surface area (Å²) in [7, 11) is 0. The molecule has 3 heteroatoms. The quantitative estimate of drug-likeness (QED) is 0.914. The van der Waals surface area contributed by atoms with Crippen molar-refractivity contribution in [1.29, 1.82) is 0 Å². The minimum absolute atomic E-state index is 0.0377. The molecule has 21 heavy (non-hydrogen) atoms. The van der Waals surface area contributed by atoms with E-state index in [0.29, 0.717) is 6.10 Å². The van der Waals surface area contributed by atoms with E-state index in [9.17, 15) is 0 Å². The summed E-state index contributed by atoms with van der Waals surface area (Å²) in [6, 6.07) is 8.66. The Morgan fingerprint density at radius 3 is 2.86 bits per heavy atom. The van der Waals surface area contributed by atoms with Gasteiger partial charge < -0.3 is 15.0 Å². The van der Waals surface area contributed by atoms with Crippen molar-refractivity contribution >= 4 is 10.9 Å². The molecule has 0 amide bonds. The second kappa shape index (κ2) is 5.82. The number of nitrogens with two attached hydrogens (primary N) is 1. The second-order valence-electron chi connectivity index (χ2n) is 6.75. The molecule has 1 aromatic heterocycles. The van der Waals surface area contributed by atoms with Crippen LogP contribution in [0.3, 0.4) is 0 Å². The summed E-state index contributed by atoms with van der Waals surface area (Å²) in [5.74, 6) is 0. The third-order valence-electron chi connectivity index (χ3n) is 4.48. The first-order chi connectivity index (χ1) is 10.1. The predicted molar refractivity (Wildman–Crippen MR) is 87.5 cm³/mol. The summed E-state index contributed by atoms with van der Waals surface area (Å²) in [5, 5.41) is 1.36. The summed E-state index contributed by atoms with van der Waals surface area (Å²) in [5.41, 5.74) is 8.43. The standard InChI is InChI=1S/C18H26N2O/c1-18(2)10-9-15(21-18)13-20-12-14(6-5-11-19)16-7-3-4-8-17(16)20/h3-4,7-8,12,15H,5-6,9-11,13,19H2,1-2H3. The van der Waals surface area contributed by atoms with Gasteiger partial charge >= 0.3 is 0 Å². The van der Waals surface area contributed by atoms with Gasteiger partial charge in [0.15, 0.2) is 0 Å². The van der Waals surface area contributed by atoms with Gasteiger partial charge in [0.2, 0.25) is 0 Å². The number of fused-ring (bicyclic) bond motifs is 1. The summed E-state index contributed by atoms with van der Waals surface area (Å²) < 4.78 is 8.52. The fraction of sp³-hybridized carbons (Fsp3) is 0.556. The van der Waals surface area contributed by atoms with E-state index >= 15 is 0 Å². The molecular formula is C18H26N2O. The van der Waals surface area contributed by atoms with Crippen molar-refractivity contribution < 1.29 is 4.74 Å². The highest BCUT2D eigenvalue weighted by Crippen LogP contribution is 2.31. The molecule has 0 saturated carbocycles. The maximum Gasteiger partial charge on any atom is 0.0762 e. The van der Waals surface area contributed by atoms with Gasteiger partial charge in [-0.05, 0) is 57.7 Å². The van der Waals surface area contributed by atoms with Crippen LogP contribution in [0.15, 0.2) is 30.5 Å². The Kier molecular flexibility index (Phi) is 4.05. The van der Waals surface area contributed by atoms with Crippen molar-refractivity contribution in [2.75, 3.05) is 6.54 Å². The Balaban J connectivity index is 1.85. The highest BCUT2D eigenvalue weighted by Gasteiger charge is 2.31. The first-order valence-corrected chi connectivity index (χ1v) is 8.04. The summed E-state index contributed by atoms with van der Waals surface area (Å²) in [6.45, 7) is 6.08. The lowest BCUT2D eigenvalue weighted by Crippen LogP contribution is -2.22. The van der Waals surface area contributed by atoms with Crippen LogP contribution in [-0.4, -0.2) is 22.8 Å². The topological polar surface area (TPSA) is 40.2 Å². The van der Waals surface area contributed by atoms with Crippen LogP contribution in [0.25, 0.3) is 10.9 Å². The van der Waals surface area contributed by atoms with Crippen LogP contribution in [0, 0.1) is 0 Å². The normalized spacial score (nSPS) is 21.2. The van der Waals surface area contributed by atoms with Crippen molar-refractivity contribution in [3.05, 3.63) is 36.0 Å². The van der Waals surface area contributed by atoms with Crippen LogP contribution in [-0.2, 0) is 17.7 Å². The maximum absolute atomic E-state index is 6.15. The Hall–Kier alpha value is -1.32. The molecule has 1 aromatic carbocycles. The number of hydrogen-bond acceptors (Lipinski definition) is 2. The van der Waals surface area contributed by atoms with Gasteiger partial charge in [0.25, 0.3) is 0 Å². The van der Waals surface area contributed by atoms with E-state index in [1.165, 1.54) is 16.5 Å². The first-order valence-electron chi connectivity index (χ1n) is 8.04. The fourth-order valence-electron chi connectivity index (χ4n) is 3.39. The van der Waals surface area contributed by atoms with E-state index in [1.54, 1.807) is 0 Å². The molecule has 1 saturated heterocycles. The Morgan fingerprint density at radius 1 is 1.33 bits per heavy atom. The van der Waals surface area contributed by atoms with Crippen LogP contribution in [0.4, 0.5) is 0 Å². The Bertz CT molecular complexity index is 615. The lowest BCUT2D eigenvalue weighted by atomic mass is 10.1. The zero-order valence-corrected chi connectivity index (χ0v) is 13.1. The summed E-state index contributed by atoms with van der Waals surface area (Å²) in [6.07, 6.45) is 7.03. The van der Waals surface area contributed by atoms with E-state index in [2.05, 4.69) is 48.9 Å². The molecule has 1 fully saturated rings. The average molecular weight is 286 g/mol.